The molecule has 1 aromatic carbocycles. The molecule has 0 saturated heterocycles. The van der Waals surface area contributed by atoms with Crippen molar-refractivity contribution in [3.05, 3.63) is 58.8 Å². The van der Waals surface area contributed by atoms with Crippen molar-refractivity contribution in [1.29, 1.82) is 0 Å². The van der Waals surface area contributed by atoms with E-state index in [2.05, 4.69) is 4.98 Å². The third kappa shape index (κ3) is 2.42. The summed E-state index contributed by atoms with van der Waals surface area (Å²) in [6, 6.07) is 5.90. The highest BCUT2D eigenvalue weighted by Crippen LogP contribution is 2.30. The Kier molecular flexibility index (Phi) is 3.76. The maximum absolute atomic E-state index is 13.8. The van der Waals surface area contributed by atoms with Crippen LogP contribution < -0.4 is 4.74 Å². The first-order valence-corrected chi connectivity index (χ1v) is 5.67. The molecule has 3 nitrogen and oxygen atoms in total. The van der Waals surface area contributed by atoms with E-state index in [9.17, 15) is 13.9 Å². The highest BCUT2D eigenvalue weighted by molar-refractivity contribution is 5.37. The van der Waals surface area contributed by atoms with Crippen molar-refractivity contribution in [2.45, 2.75) is 13.0 Å². The molecule has 19 heavy (non-hydrogen) atoms. The summed E-state index contributed by atoms with van der Waals surface area (Å²) in [6.07, 6.45) is 0.153. The van der Waals surface area contributed by atoms with Crippen LogP contribution in [0.4, 0.5) is 8.78 Å². The third-order valence-electron chi connectivity index (χ3n) is 2.89. The lowest BCUT2D eigenvalue weighted by atomic mass is 10.0. The molecular weight excluding hydrogens is 252 g/mol. The van der Waals surface area contributed by atoms with Gasteiger partial charge in [-0.05, 0) is 24.6 Å². The molecule has 0 spiro atoms. The maximum Gasteiger partial charge on any atom is 0.219 e. The van der Waals surface area contributed by atoms with Gasteiger partial charge >= 0.3 is 0 Å². The van der Waals surface area contributed by atoms with E-state index in [1.165, 1.54) is 32.4 Å². The van der Waals surface area contributed by atoms with Crippen molar-refractivity contribution in [2.75, 3.05) is 7.11 Å². The van der Waals surface area contributed by atoms with Gasteiger partial charge in [0.2, 0.25) is 5.88 Å². The van der Waals surface area contributed by atoms with Crippen LogP contribution in [-0.4, -0.2) is 17.2 Å². The summed E-state index contributed by atoms with van der Waals surface area (Å²) >= 11 is 0. The zero-order valence-corrected chi connectivity index (χ0v) is 10.5. The molecule has 1 heterocycles. The maximum atomic E-state index is 13.8. The Bertz CT molecular complexity index is 602. The second-order valence-electron chi connectivity index (χ2n) is 4.10. The van der Waals surface area contributed by atoms with E-state index in [1.807, 2.05) is 0 Å². The zero-order chi connectivity index (χ0) is 14.0. The fourth-order valence-corrected chi connectivity index (χ4v) is 1.82. The Hall–Kier alpha value is -2.01. The molecule has 100 valence electrons. The van der Waals surface area contributed by atoms with E-state index in [1.54, 1.807) is 12.1 Å². The number of aromatic nitrogens is 1. The minimum absolute atomic E-state index is 0.144. The second kappa shape index (κ2) is 5.32. The first-order chi connectivity index (χ1) is 9.06. The van der Waals surface area contributed by atoms with Crippen LogP contribution in [0, 0.1) is 18.6 Å². The predicted molar refractivity (Wildman–Crippen MR) is 65.9 cm³/mol. The average Bonchev–Trinajstić information content (AvgIpc) is 2.44. The minimum Gasteiger partial charge on any atom is -0.481 e. The van der Waals surface area contributed by atoms with E-state index in [4.69, 9.17) is 4.74 Å². The average molecular weight is 265 g/mol. The van der Waals surface area contributed by atoms with Crippen molar-refractivity contribution in [1.82, 2.24) is 4.98 Å². The number of methoxy groups -OCH3 is 1. The number of aliphatic hydroxyl groups excluding tert-OH is 1. The smallest absolute Gasteiger partial charge is 0.219 e. The van der Waals surface area contributed by atoms with Crippen LogP contribution in [0.15, 0.2) is 30.5 Å². The number of nitrogens with zero attached hydrogens (tertiary/aromatic N) is 1. The Balaban J connectivity index is 2.50. The van der Waals surface area contributed by atoms with Crippen LogP contribution in [0.1, 0.15) is 22.8 Å². The van der Waals surface area contributed by atoms with Crippen molar-refractivity contribution in [3.63, 3.8) is 0 Å². The van der Waals surface area contributed by atoms with Gasteiger partial charge in [-0.15, -0.1) is 0 Å². The van der Waals surface area contributed by atoms with Gasteiger partial charge in [0.15, 0.2) is 11.6 Å². The van der Waals surface area contributed by atoms with Gasteiger partial charge in [0.25, 0.3) is 0 Å². The molecule has 5 heteroatoms. The standard InChI is InChI=1S/C14H13F2NO2/c1-8-5-6-9(12(16)11(8)15)13(18)10-4-3-7-17-14(10)19-2/h3-7,13,18H,1-2H3. The minimum atomic E-state index is -1.33. The van der Waals surface area contributed by atoms with Gasteiger partial charge < -0.3 is 9.84 Å². The lowest BCUT2D eigenvalue weighted by Crippen LogP contribution is -2.07. The Labute approximate surface area is 109 Å². The molecule has 2 rings (SSSR count). The first-order valence-electron chi connectivity index (χ1n) is 5.67. The van der Waals surface area contributed by atoms with Crippen molar-refractivity contribution in [3.8, 4) is 5.88 Å². The Morgan fingerprint density at radius 1 is 1.16 bits per heavy atom. The number of hydrogen-bond donors (Lipinski definition) is 1. The molecule has 1 aromatic heterocycles. The normalized spacial score (nSPS) is 12.3. The van der Waals surface area contributed by atoms with Crippen LogP contribution in [0.3, 0.4) is 0 Å². The molecule has 0 aliphatic carbocycles. The van der Waals surface area contributed by atoms with E-state index in [0.717, 1.165) is 0 Å². The summed E-state index contributed by atoms with van der Waals surface area (Å²) in [4.78, 5) is 3.91. The number of benzene rings is 1. The molecule has 0 aliphatic rings. The van der Waals surface area contributed by atoms with Crippen molar-refractivity contribution in [2.24, 2.45) is 0 Å². The van der Waals surface area contributed by atoms with Crippen LogP contribution in [0.5, 0.6) is 5.88 Å². The summed E-state index contributed by atoms with van der Waals surface area (Å²) in [6.45, 7) is 1.46. The third-order valence-corrected chi connectivity index (χ3v) is 2.89. The van der Waals surface area contributed by atoms with Gasteiger partial charge in [0.1, 0.15) is 6.10 Å². The topological polar surface area (TPSA) is 42.4 Å². The highest BCUT2D eigenvalue weighted by Gasteiger charge is 2.22. The zero-order valence-electron chi connectivity index (χ0n) is 10.5. The second-order valence-corrected chi connectivity index (χ2v) is 4.10. The van der Waals surface area contributed by atoms with Crippen molar-refractivity contribution < 1.29 is 18.6 Å². The molecule has 1 N–H and O–H groups in total. The van der Waals surface area contributed by atoms with Crippen LogP contribution >= 0.6 is 0 Å². The number of ether oxygens (including phenoxy) is 1. The van der Waals surface area contributed by atoms with Crippen LogP contribution in [0.2, 0.25) is 0 Å². The number of halogens is 2. The quantitative estimate of drug-likeness (QED) is 0.927. The number of hydrogen-bond acceptors (Lipinski definition) is 3. The summed E-state index contributed by atoms with van der Waals surface area (Å²) in [5, 5.41) is 10.2. The summed E-state index contributed by atoms with van der Waals surface area (Å²) < 4.78 is 32.3. The summed E-state index contributed by atoms with van der Waals surface area (Å²) in [5.74, 6) is -1.84. The molecule has 1 atom stereocenters. The largest absolute Gasteiger partial charge is 0.481 e. The molecule has 0 fully saturated rings. The molecular formula is C14H13F2NO2. The lowest BCUT2D eigenvalue weighted by molar-refractivity contribution is 0.206. The summed E-state index contributed by atoms with van der Waals surface area (Å²) in [7, 11) is 1.39. The van der Waals surface area contributed by atoms with E-state index < -0.39 is 17.7 Å². The molecule has 0 bridgehead atoms. The monoisotopic (exact) mass is 265 g/mol. The molecule has 0 aliphatic heterocycles. The van der Waals surface area contributed by atoms with Gasteiger partial charge in [-0.2, -0.15) is 0 Å². The molecule has 0 amide bonds. The van der Waals surface area contributed by atoms with Crippen LogP contribution in [0.25, 0.3) is 0 Å². The fraction of sp³-hybridized carbons (Fsp3) is 0.214. The lowest BCUT2D eigenvalue weighted by Gasteiger charge is -2.15. The Morgan fingerprint density at radius 3 is 2.58 bits per heavy atom. The first kappa shape index (κ1) is 13.4. The summed E-state index contributed by atoms with van der Waals surface area (Å²) in [5.41, 5.74) is 0.327. The predicted octanol–water partition coefficient (Wildman–Crippen LogP) is 2.76. The highest BCUT2D eigenvalue weighted by atomic mass is 19.2. The van der Waals surface area contributed by atoms with E-state index >= 15 is 0 Å². The van der Waals surface area contributed by atoms with Gasteiger partial charge in [0.05, 0.1) is 7.11 Å². The van der Waals surface area contributed by atoms with Gasteiger partial charge in [-0.1, -0.05) is 12.1 Å². The van der Waals surface area contributed by atoms with Gasteiger partial charge in [0, 0.05) is 17.3 Å². The SMILES string of the molecule is COc1ncccc1C(O)c1ccc(C)c(F)c1F. The fourth-order valence-electron chi connectivity index (χ4n) is 1.82. The van der Waals surface area contributed by atoms with Gasteiger partial charge in [-0.3, -0.25) is 0 Å². The number of pyridine rings is 1. The van der Waals surface area contributed by atoms with Crippen molar-refractivity contribution >= 4 is 0 Å². The number of rotatable bonds is 3. The molecule has 2 aromatic rings. The van der Waals surface area contributed by atoms with Crippen LogP contribution in [-0.2, 0) is 0 Å². The molecule has 1 unspecified atom stereocenters. The van der Waals surface area contributed by atoms with E-state index in [-0.39, 0.29) is 22.6 Å². The van der Waals surface area contributed by atoms with E-state index in [0.29, 0.717) is 0 Å². The number of aliphatic hydroxyl groups is 1. The molecule has 0 radical (unpaired) electrons. The Morgan fingerprint density at radius 2 is 1.89 bits per heavy atom. The van der Waals surface area contributed by atoms with Gasteiger partial charge in [-0.25, -0.2) is 13.8 Å². The molecule has 0 saturated carbocycles. The number of aryl methyl sites for hydroxylation is 1.